The molecule has 2 aliphatic carbocycles. The molecule has 2 saturated carbocycles. The third-order valence-corrected chi connectivity index (χ3v) is 3.37. The molecule has 0 unspecified atom stereocenters. The average Bonchev–Trinajstić information content (AvgIpc) is 2.65. The summed E-state index contributed by atoms with van der Waals surface area (Å²) in [5.74, 6) is 1.35. The van der Waals surface area contributed by atoms with Gasteiger partial charge in [0.15, 0.2) is 0 Å². The first-order valence-electron chi connectivity index (χ1n) is 4.33. The van der Waals surface area contributed by atoms with Gasteiger partial charge in [0, 0.05) is 11.8 Å². The van der Waals surface area contributed by atoms with Crippen molar-refractivity contribution in [2.75, 3.05) is 0 Å². The van der Waals surface area contributed by atoms with Crippen molar-refractivity contribution in [3.63, 3.8) is 0 Å². The van der Waals surface area contributed by atoms with Crippen molar-refractivity contribution < 1.29 is 4.79 Å². The maximum absolute atomic E-state index is 11.4. The van der Waals surface area contributed by atoms with E-state index in [2.05, 4.69) is 6.92 Å². The summed E-state index contributed by atoms with van der Waals surface area (Å²) in [6.07, 6.45) is 5.65. The highest BCUT2D eigenvalue weighted by atomic mass is 16.1. The van der Waals surface area contributed by atoms with Gasteiger partial charge >= 0.3 is 0 Å². The van der Waals surface area contributed by atoms with Crippen molar-refractivity contribution in [2.45, 2.75) is 39.0 Å². The van der Waals surface area contributed by atoms with Crippen LogP contribution in [0.5, 0.6) is 0 Å². The normalized spacial score (nSPS) is 44.9. The van der Waals surface area contributed by atoms with Crippen LogP contribution >= 0.6 is 0 Å². The first kappa shape index (κ1) is 6.38. The van der Waals surface area contributed by atoms with Gasteiger partial charge in [0.25, 0.3) is 0 Å². The fourth-order valence-corrected chi connectivity index (χ4v) is 2.49. The smallest absolute Gasteiger partial charge is 0.139 e. The predicted molar refractivity (Wildman–Crippen MR) is 39.7 cm³/mol. The van der Waals surface area contributed by atoms with Crippen LogP contribution in [0.25, 0.3) is 0 Å². The quantitative estimate of drug-likeness (QED) is 0.542. The largest absolute Gasteiger partial charge is 0.299 e. The minimum atomic E-state index is 0.207. The van der Waals surface area contributed by atoms with Crippen LogP contribution in [-0.2, 0) is 4.79 Å². The zero-order chi connectivity index (χ0) is 7.19. The topological polar surface area (TPSA) is 17.1 Å². The van der Waals surface area contributed by atoms with Crippen LogP contribution in [0.15, 0.2) is 0 Å². The highest BCUT2D eigenvalue weighted by Crippen LogP contribution is 2.61. The van der Waals surface area contributed by atoms with Crippen molar-refractivity contribution in [2.24, 2.45) is 11.3 Å². The lowest BCUT2D eigenvalue weighted by molar-refractivity contribution is -0.126. The lowest BCUT2D eigenvalue weighted by Crippen LogP contribution is -2.20. The third kappa shape index (κ3) is 0.609. The fraction of sp³-hybridized carbons (Fsp3) is 0.889. The summed E-state index contributed by atoms with van der Waals surface area (Å²) in [5.41, 5.74) is 0.207. The Balaban J connectivity index is 2.17. The molecular formula is C9H14O. The zero-order valence-electron chi connectivity index (χ0n) is 6.52. The maximum atomic E-state index is 11.4. The summed E-state index contributed by atoms with van der Waals surface area (Å²) in [6.45, 7) is 2.16. The lowest BCUT2D eigenvalue weighted by atomic mass is 9.85. The number of Topliss-reactive ketones (excluding diaryl/α,β-unsaturated/α-hetero) is 1. The SMILES string of the molecule is CC[C@@]12C[C@H]1CCCC2=O. The van der Waals surface area contributed by atoms with E-state index in [9.17, 15) is 4.79 Å². The second kappa shape index (κ2) is 1.84. The second-order valence-corrected chi connectivity index (χ2v) is 3.73. The molecule has 0 aromatic carbocycles. The molecule has 56 valence electrons. The number of ketones is 1. The Morgan fingerprint density at radius 1 is 1.70 bits per heavy atom. The van der Waals surface area contributed by atoms with E-state index < -0.39 is 0 Å². The van der Waals surface area contributed by atoms with E-state index in [1.807, 2.05) is 0 Å². The van der Waals surface area contributed by atoms with Gasteiger partial charge in [-0.2, -0.15) is 0 Å². The van der Waals surface area contributed by atoms with E-state index in [0.29, 0.717) is 5.78 Å². The summed E-state index contributed by atoms with van der Waals surface area (Å²) in [4.78, 5) is 11.4. The van der Waals surface area contributed by atoms with Crippen LogP contribution in [0.2, 0.25) is 0 Å². The molecule has 10 heavy (non-hydrogen) atoms. The Kier molecular flexibility index (Phi) is 1.17. The molecule has 2 fully saturated rings. The van der Waals surface area contributed by atoms with Crippen LogP contribution in [0, 0.1) is 11.3 Å². The van der Waals surface area contributed by atoms with Gasteiger partial charge in [-0.05, 0) is 31.6 Å². The molecule has 0 radical (unpaired) electrons. The monoisotopic (exact) mass is 138 g/mol. The summed E-state index contributed by atoms with van der Waals surface area (Å²) >= 11 is 0. The predicted octanol–water partition coefficient (Wildman–Crippen LogP) is 2.16. The van der Waals surface area contributed by atoms with Gasteiger partial charge in [-0.25, -0.2) is 0 Å². The second-order valence-electron chi connectivity index (χ2n) is 3.73. The van der Waals surface area contributed by atoms with Crippen LogP contribution < -0.4 is 0 Å². The first-order valence-corrected chi connectivity index (χ1v) is 4.33. The van der Waals surface area contributed by atoms with Gasteiger partial charge in [0.2, 0.25) is 0 Å². The van der Waals surface area contributed by atoms with Gasteiger partial charge < -0.3 is 0 Å². The lowest BCUT2D eigenvalue weighted by Gasteiger charge is -2.18. The van der Waals surface area contributed by atoms with Gasteiger partial charge in [-0.3, -0.25) is 4.79 Å². The molecule has 1 nitrogen and oxygen atoms in total. The number of rotatable bonds is 1. The molecule has 0 aliphatic heterocycles. The van der Waals surface area contributed by atoms with Crippen molar-refractivity contribution >= 4 is 5.78 Å². The number of hydrogen-bond donors (Lipinski definition) is 0. The molecule has 0 aromatic heterocycles. The van der Waals surface area contributed by atoms with Gasteiger partial charge in [-0.15, -0.1) is 0 Å². The Hall–Kier alpha value is -0.330. The highest BCUT2D eigenvalue weighted by molar-refractivity contribution is 5.88. The Morgan fingerprint density at radius 2 is 2.50 bits per heavy atom. The zero-order valence-corrected chi connectivity index (χ0v) is 6.52. The first-order chi connectivity index (χ1) is 4.79. The Bertz CT molecular complexity index is 174. The average molecular weight is 138 g/mol. The van der Waals surface area contributed by atoms with Crippen LogP contribution in [0.3, 0.4) is 0 Å². The molecule has 0 amide bonds. The molecule has 0 aromatic rings. The molecule has 0 N–H and O–H groups in total. The number of fused-ring (bicyclic) bond motifs is 1. The van der Waals surface area contributed by atoms with Gasteiger partial charge in [0.1, 0.15) is 5.78 Å². The van der Waals surface area contributed by atoms with E-state index in [1.54, 1.807) is 0 Å². The van der Waals surface area contributed by atoms with Crippen molar-refractivity contribution in [1.82, 2.24) is 0 Å². The summed E-state index contributed by atoms with van der Waals surface area (Å²) < 4.78 is 0. The highest BCUT2D eigenvalue weighted by Gasteiger charge is 2.58. The van der Waals surface area contributed by atoms with Crippen molar-refractivity contribution in [3.05, 3.63) is 0 Å². The van der Waals surface area contributed by atoms with Crippen LogP contribution in [0.1, 0.15) is 39.0 Å². The minimum Gasteiger partial charge on any atom is -0.299 e. The van der Waals surface area contributed by atoms with E-state index in [-0.39, 0.29) is 5.41 Å². The molecular weight excluding hydrogens is 124 g/mol. The fourth-order valence-electron chi connectivity index (χ4n) is 2.49. The van der Waals surface area contributed by atoms with Crippen molar-refractivity contribution in [3.8, 4) is 0 Å². The molecule has 2 atom stereocenters. The maximum Gasteiger partial charge on any atom is 0.139 e. The molecule has 2 aliphatic rings. The molecule has 0 spiro atoms. The van der Waals surface area contributed by atoms with E-state index in [4.69, 9.17) is 0 Å². The molecule has 0 heterocycles. The van der Waals surface area contributed by atoms with Crippen molar-refractivity contribution in [1.29, 1.82) is 0 Å². The van der Waals surface area contributed by atoms with Crippen LogP contribution in [0.4, 0.5) is 0 Å². The van der Waals surface area contributed by atoms with Gasteiger partial charge in [-0.1, -0.05) is 6.92 Å². The molecule has 0 saturated heterocycles. The van der Waals surface area contributed by atoms with E-state index in [1.165, 1.54) is 12.8 Å². The number of carbonyl (C=O) groups excluding carboxylic acids is 1. The van der Waals surface area contributed by atoms with Crippen LogP contribution in [-0.4, -0.2) is 5.78 Å². The molecule has 1 heteroatoms. The van der Waals surface area contributed by atoms with Gasteiger partial charge in [0.05, 0.1) is 0 Å². The Labute approximate surface area is 61.8 Å². The molecule has 0 bridgehead atoms. The number of hydrogen-bond acceptors (Lipinski definition) is 1. The standard InChI is InChI=1S/C9H14O/c1-2-9-6-7(9)4-3-5-8(9)10/h7H,2-6H2,1H3/t7-,9-/m1/s1. The van der Waals surface area contributed by atoms with E-state index in [0.717, 1.165) is 25.2 Å². The summed E-state index contributed by atoms with van der Waals surface area (Å²) in [7, 11) is 0. The Morgan fingerprint density at radius 3 is 3.00 bits per heavy atom. The third-order valence-electron chi connectivity index (χ3n) is 3.37. The summed E-state index contributed by atoms with van der Waals surface area (Å²) in [6, 6.07) is 0. The molecule has 2 rings (SSSR count). The minimum absolute atomic E-state index is 0.207. The number of carbonyl (C=O) groups is 1. The van der Waals surface area contributed by atoms with E-state index >= 15 is 0 Å². The summed E-state index contributed by atoms with van der Waals surface area (Å²) in [5, 5.41) is 0.